The number of nitrogen functional groups attached to an aromatic ring is 1. The second kappa shape index (κ2) is 4.65. The molecule has 0 unspecified atom stereocenters. The summed E-state index contributed by atoms with van der Waals surface area (Å²) in [6.45, 7) is 5.17. The molecular formula is C17H28N4. The number of rotatable bonds is 4. The molecule has 4 saturated carbocycles. The summed E-state index contributed by atoms with van der Waals surface area (Å²) >= 11 is 0. The maximum Gasteiger partial charge on any atom is 0.148 e. The molecule has 0 aliphatic heterocycles. The SMILES string of the molecule is CCCn1nc(C)c(N)c1NC12CC3CC(CC(C3)C1)C2. The Balaban J connectivity index is 1.64. The van der Waals surface area contributed by atoms with E-state index in [1.807, 2.05) is 6.92 Å². The summed E-state index contributed by atoms with van der Waals surface area (Å²) in [5, 5.41) is 8.53. The summed E-state index contributed by atoms with van der Waals surface area (Å²) < 4.78 is 2.10. The van der Waals surface area contributed by atoms with Gasteiger partial charge in [-0.2, -0.15) is 5.10 Å². The maximum atomic E-state index is 6.32. The van der Waals surface area contributed by atoms with E-state index in [-0.39, 0.29) is 0 Å². The Morgan fingerprint density at radius 2 is 1.76 bits per heavy atom. The summed E-state index contributed by atoms with van der Waals surface area (Å²) in [5.74, 6) is 3.95. The summed E-state index contributed by atoms with van der Waals surface area (Å²) in [5.41, 5.74) is 8.45. The normalized spacial score (nSPS) is 37.1. The van der Waals surface area contributed by atoms with Gasteiger partial charge in [0.05, 0.1) is 11.4 Å². The first-order valence-corrected chi connectivity index (χ1v) is 8.69. The second-order valence-corrected chi connectivity index (χ2v) is 7.89. The summed E-state index contributed by atoms with van der Waals surface area (Å²) in [4.78, 5) is 0. The Morgan fingerprint density at radius 3 is 2.29 bits per heavy atom. The fourth-order valence-electron chi connectivity index (χ4n) is 5.62. The van der Waals surface area contributed by atoms with E-state index in [1.54, 1.807) is 0 Å². The predicted molar refractivity (Wildman–Crippen MR) is 86.2 cm³/mol. The van der Waals surface area contributed by atoms with Crippen LogP contribution in [0.2, 0.25) is 0 Å². The lowest BCUT2D eigenvalue weighted by Crippen LogP contribution is -2.55. The first-order chi connectivity index (χ1) is 10.1. The number of nitrogens with zero attached hydrogens (tertiary/aromatic N) is 2. The van der Waals surface area contributed by atoms with Gasteiger partial charge in [-0.1, -0.05) is 6.92 Å². The number of hydrogen-bond donors (Lipinski definition) is 2. The Morgan fingerprint density at radius 1 is 1.19 bits per heavy atom. The fraction of sp³-hybridized carbons (Fsp3) is 0.824. The van der Waals surface area contributed by atoms with Gasteiger partial charge in [-0.15, -0.1) is 0 Å². The van der Waals surface area contributed by atoms with E-state index in [1.165, 1.54) is 38.5 Å². The zero-order valence-corrected chi connectivity index (χ0v) is 13.4. The van der Waals surface area contributed by atoms with Crippen LogP contribution in [0.1, 0.15) is 57.6 Å². The van der Waals surface area contributed by atoms with E-state index in [9.17, 15) is 0 Å². The Hall–Kier alpha value is -1.19. The van der Waals surface area contributed by atoms with Gasteiger partial charge >= 0.3 is 0 Å². The highest BCUT2D eigenvalue weighted by atomic mass is 15.3. The second-order valence-electron chi connectivity index (χ2n) is 7.89. The van der Waals surface area contributed by atoms with Crippen LogP contribution in [0.5, 0.6) is 0 Å². The average Bonchev–Trinajstić information content (AvgIpc) is 2.65. The number of nitrogens with two attached hydrogens (primary N) is 1. The molecule has 0 radical (unpaired) electrons. The summed E-state index contributed by atoms with van der Waals surface area (Å²) in [6.07, 6.45) is 9.55. The molecule has 4 aliphatic rings. The van der Waals surface area contributed by atoms with Crippen molar-refractivity contribution in [2.75, 3.05) is 11.1 Å². The number of anilines is 2. The van der Waals surface area contributed by atoms with E-state index >= 15 is 0 Å². The molecule has 21 heavy (non-hydrogen) atoms. The Kier molecular flexibility index (Phi) is 2.98. The van der Waals surface area contributed by atoms with Gasteiger partial charge < -0.3 is 11.1 Å². The van der Waals surface area contributed by atoms with E-state index < -0.39 is 0 Å². The Labute approximate surface area is 127 Å². The van der Waals surface area contributed by atoms with Crippen LogP contribution in [0.4, 0.5) is 11.5 Å². The van der Waals surface area contributed by atoms with Gasteiger partial charge in [0.25, 0.3) is 0 Å². The number of aromatic nitrogens is 2. The van der Waals surface area contributed by atoms with Crippen molar-refractivity contribution in [3.63, 3.8) is 0 Å². The van der Waals surface area contributed by atoms with Crippen molar-refractivity contribution in [1.82, 2.24) is 9.78 Å². The van der Waals surface area contributed by atoms with Crippen molar-refractivity contribution >= 4 is 11.5 Å². The number of aryl methyl sites for hydroxylation is 2. The average molecular weight is 288 g/mol. The monoisotopic (exact) mass is 288 g/mol. The molecule has 1 aromatic rings. The molecule has 1 aromatic heterocycles. The van der Waals surface area contributed by atoms with Gasteiger partial charge in [-0.25, -0.2) is 4.68 Å². The van der Waals surface area contributed by atoms with Gasteiger partial charge in [0, 0.05) is 12.1 Å². The summed E-state index contributed by atoms with van der Waals surface area (Å²) in [7, 11) is 0. The highest BCUT2D eigenvalue weighted by molar-refractivity contribution is 5.66. The molecule has 4 fully saturated rings. The highest BCUT2D eigenvalue weighted by Crippen LogP contribution is 2.56. The lowest BCUT2D eigenvalue weighted by atomic mass is 9.53. The van der Waals surface area contributed by atoms with Crippen LogP contribution >= 0.6 is 0 Å². The van der Waals surface area contributed by atoms with Gasteiger partial charge in [0.2, 0.25) is 0 Å². The fourth-order valence-corrected chi connectivity index (χ4v) is 5.62. The van der Waals surface area contributed by atoms with Crippen LogP contribution in [-0.2, 0) is 6.54 Å². The quantitative estimate of drug-likeness (QED) is 0.890. The van der Waals surface area contributed by atoms with Crippen molar-refractivity contribution in [1.29, 1.82) is 0 Å². The van der Waals surface area contributed by atoms with Crippen LogP contribution in [0, 0.1) is 24.7 Å². The molecule has 4 bridgehead atoms. The number of nitrogens with one attached hydrogen (secondary N) is 1. The van der Waals surface area contributed by atoms with Crippen LogP contribution in [0.25, 0.3) is 0 Å². The zero-order valence-electron chi connectivity index (χ0n) is 13.4. The van der Waals surface area contributed by atoms with Gasteiger partial charge in [-0.05, 0) is 69.6 Å². The Bertz CT molecular complexity index is 510. The largest absolute Gasteiger partial charge is 0.394 e. The van der Waals surface area contributed by atoms with Gasteiger partial charge in [0.1, 0.15) is 5.82 Å². The molecule has 0 atom stereocenters. The van der Waals surface area contributed by atoms with Crippen molar-refractivity contribution in [3.8, 4) is 0 Å². The standard InChI is InChI=1S/C17H28N4/c1-3-4-21-16(15(18)11(2)20-21)19-17-8-12-5-13(9-17)7-14(6-12)10-17/h12-14,19H,3-10,18H2,1-2H3. The molecule has 5 rings (SSSR count). The topological polar surface area (TPSA) is 55.9 Å². The third-order valence-electron chi connectivity index (χ3n) is 6.03. The molecule has 0 amide bonds. The molecule has 0 spiro atoms. The minimum atomic E-state index is 0.306. The van der Waals surface area contributed by atoms with Crippen LogP contribution < -0.4 is 11.1 Å². The predicted octanol–water partition coefficient (Wildman–Crippen LogP) is 3.56. The highest BCUT2D eigenvalue weighted by Gasteiger charge is 2.51. The third kappa shape index (κ3) is 2.14. The molecule has 1 heterocycles. The van der Waals surface area contributed by atoms with E-state index in [2.05, 4.69) is 22.0 Å². The van der Waals surface area contributed by atoms with Crippen LogP contribution in [-0.4, -0.2) is 15.3 Å². The van der Waals surface area contributed by atoms with Crippen molar-refractivity contribution in [3.05, 3.63) is 5.69 Å². The van der Waals surface area contributed by atoms with Crippen LogP contribution in [0.3, 0.4) is 0 Å². The number of hydrogen-bond acceptors (Lipinski definition) is 3. The lowest BCUT2D eigenvalue weighted by molar-refractivity contribution is 0.0104. The zero-order chi connectivity index (χ0) is 14.6. The van der Waals surface area contributed by atoms with E-state index in [0.29, 0.717) is 5.54 Å². The van der Waals surface area contributed by atoms with Crippen molar-refractivity contribution in [2.24, 2.45) is 17.8 Å². The molecule has 4 aliphatic carbocycles. The first-order valence-electron chi connectivity index (χ1n) is 8.69. The maximum absolute atomic E-state index is 6.32. The van der Waals surface area contributed by atoms with Gasteiger partial charge in [0.15, 0.2) is 0 Å². The minimum Gasteiger partial charge on any atom is -0.394 e. The molecule has 3 N–H and O–H groups in total. The van der Waals surface area contributed by atoms with Gasteiger partial charge in [-0.3, -0.25) is 0 Å². The van der Waals surface area contributed by atoms with E-state index in [0.717, 1.165) is 47.9 Å². The summed E-state index contributed by atoms with van der Waals surface area (Å²) in [6, 6.07) is 0. The lowest BCUT2D eigenvalue weighted by Gasteiger charge is -2.57. The molecule has 4 nitrogen and oxygen atoms in total. The van der Waals surface area contributed by atoms with Crippen molar-refractivity contribution < 1.29 is 0 Å². The first kappa shape index (κ1) is 13.5. The third-order valence-corrected chi connectivity index (χ3v) is 6.03. The molecule has 116 valence electrons. The molecule has 0 saturated heterocycles. The molecule has 4 heteroatoms. The molecular weight excluding hydrogens is 260 g/mol. The van der Waals surface area contributed by atoms with E-state index in [4.69, 9.17) is 5.73 Å². The van der Waals surface area contributed by atoms with Crippen LogP contribution in [0.15, 0.2) is 0 Å². The minimum absolute atomic E-state index is 0.306. The van der Waals surface area contributed by atoms with Crippen molar-refractivity contribution in [2.45, 2.75) is 70.9 Å². The smallest absolute Gasteiger partial charge is 0.148 e. The molecule has 0 aromatic carbocycles.